The van der Waals surface area contributed by atoms with Gasteiger partial charge in [0.05, 0.1) is 12.1 Å². The minimum absolute atomic E-state index is 0.0745. The van der Waals surface area contributed by atoms with E-state index in [1.807, 2.05) is 12.1 Å². The summed E-state index contributed by atoms with van der Waals surface area (Å²) >= 11 is 0. The van der Waals surface area contributed by atoms with Crippen LogP contribution in [0.5, 0.6) is 0 Å². The normalized spacial score (nSPS) is 12.9. The first kappa shape index (κ1) is 28.1. The summed E-state index contributed by atoms with van der Waals surface area (Å²) in [6.07, 6.45) is 5.84. The molecule has 0 saturated heterocycles. The zero-order valence-corrected chi connectivity index (χ0v) is 20.4. The number of anilines is 1. The van der Waals surface area contributed by atoms with E-state index in [2.05, 4.69) is 46.3 Å². The van der Waals surface area contributed by atoms with Gasteiger partial charge in [-0.1, -0.05) is 50.3 Å². The summed E-state index contributed by atoms with van der Waals surface area (Å²) in [5, 5.41) is 0. The minimum Gasteiger partial charge on any atom is -0.383 e. The molecule has 6 nitrogen and oxygen atoms in total. The molecule has 5 N–H and O–H groups in total. The zero-order chi connectivity index (χ0) is 25.6. The summed E-state index contributed by atoms with van der Waals surface area (Å²) in [5.74, 6) is 3.71. The first-order valence-electron chi connectivity index (χ1n) is 11.8. The van der Waals surface area contributed by atoms with Crippen molar-refractivity contribution in [2.45, 2.75) is 39.7 Å². The van der Waals surface area contributed by atoms with Crippen LogP contribution >= 0.6 is 0 Å². The van der Waals surface area contributed by atoms with Gasteiger partial charge in [0.1, 0.15) is 24.2 Å². The highest BCUT2D eigenvalue weighted by atomic mass is 19.2. The number of benzene rings is 1. The number of nitrogens with zero attached hydrogens (tertiary/aromatic N) is 3. The number of amidine groups is 1. The Kier molecular flexibility index (Phi) is 12.0. The smallest absolute Gasteiger partial charge is 0.153 e. The van der Waals surface area contributed by atoms with Gasteiger partial charge in [-0.3, -0.25) is 9.89 Å². The van der Waals surface area contributed by atoms with Gasteiger partial charge in [0, 0.05) is 24.7 Å². The van der Waals surface area contributed by atoms with Crippen LogP contribution in [0.4, 0.5) is 19.0 Å². The number of pyridine rings is 1. The molecular formula is C26H35F3N6. The van der Waals surface area contributed by atoms with Gasteiger partial charge in [-0.2, -0.15) is 0 Å². The highest BCUT2D eigenvalue weighted by Gasteiger charge is 2.12. The van der Waals surface area contributed by atoms with Gasteiger partial charge >= 0.3 is 0 Å². The van der Waals surface area contributed by atoms with Gasteiger partial charge in [-0.15, -0.1) is 0 Å². The molecule has 0 amide bonds. The van der Waals surface area contributed by atoms with Gasteiger partial charge in [-0.25, -0.2) is 24.0 Å². The highest BCUT2D eigenvalue weighted by Crippen LogP contribution is 2.23. The van der Waals surface area contributed by atoms with Gasteiger partial charge in [-0.05, 0) is 43.1 Å². The average molecular weight is 489 g/mol. The number of nitrogens with two attached hydrogens (primary N) is 2. The molecule has 0 atom stereocenters. The quantitative estimate of drug-likeness (QED) is 0.118. The maximum Gasteiger partial charge on any atom is 0.153 e. The third-order valence-corrected chi connectivity index (χ3v) is 5.31. The maximum absolute atomic E-state index is 14.1. The number of aliphatic imine (C=N–C) groups is 1. The molecule has 0 saturated carbocycles. The minimum atomic E-state index is -1.07. The van der Waals surface area contributed by atoms with Gasteiger partial charge < -0.3 is 11.2 Å². The van der Waals surface area contributed by atoms with Crippen molar-refractivity contribution < 1.29 is 13.2 Å². The van der Waals surface area contributed by atoms with Crippen LogP contribution in [-0.4, -0.2) is 42.0 Å². The fraction of sp³-hybridized carbons (Fsp3) is 0.385. The Morgan fingerprint density at radius 2 is 1.74 bits per heavy atom. The summed E-state index contributed by atoms with van der Waals surface area (Å²) in [7, 11) is 0. The lowest BCUT2D eigenvalue weighted by Gasteiger charge is -2.21. The first-order chi connectivity index (χ1) is 16.9. The Morgan fingerprint density at radius 1 is 1.06 bits per heavy atom. The van der Waals surface area contributed by atoms with E-state index in [9.17, 15) is 13.2 Å². The highest BCUT2D eigenvalue weighted by molar-refractivity contribution is 6.03. The third-order valence-electron chi connectivity index (χ3n) is 5.31. The molecule has 35 heavy (non-hydrogen) atoms. The lowest BCUT2D eigenvalue weighted by Crippen LogP contribution is -2.32. The van der Waals surface area contributed by atoms with E-state index in [-0.39, 0.29) is 18.1 Å². The van der Waals surface area contributed by atoms with Crippen LogP contribution in [0.25, 0.3) is 11.1 Å². The number of hydrazine groups is 1. The van der Waals surface area contributed by atoms with Crippen molar-refractivity contribution in [1.29, 1.82) is 0 Å². The Balaban J connectivity index is 2.22. The number of halogens is 3. The standard InChI is InChI=1S/C26H35F3N6/c1-3-13-35(14-4-2)18-19-8-10-20(11-9-19)21-15-22(25(30)32-16-21)26(34-31)33-17-24(29)23(28)7-5-6-12-27/h5-6,8-11,15-16H,3-4,7,12-14,17-18,31H2,1-2H3,(H2,30,32)(H,33,34)/b6-5-,24-23-. The fourth-order valence-electron chi connectivity index (χ4n) is 3.59. The molecule has 0 radical (unpaired) electrons. The van der Waals surface area contributed by atoms with Crippen molar-refractivity contribution in [3.8, 4) is 11.1 Å². The first-order valence-corrected chi connectivity index (χ1v) is 11.8. The maximum atomic E-state index is 14.1. The van der Waals surface area contributed by atoms with Crippen molar-refractivity contribution in [3.63, 3.8) is 0 Å². The Morgan fingerprint density at radius 3 is 2.34 bits per heavy atom. The van der Waals surface area contributed by atoms with Gasteiger partial charge in [0.15, 0.2) is 5.83 Å². The predicted octanol–water partition coefficient (Wildman–Crippen LogP) is 5.23. The van der Waals surface area contributed by atoms with Crippen molar-refractivity contribution in [3.05, 3.63) is 71.5 Å². The van der Waals surface area contributed by atoms with Crippen LogP contribution in [0.15, 0.2) is 65.3 Å². The van der Waals surface area contributed by atoms with E-state index in [0.717, 1.165) is 49.7 Å². The molecule has 0 spiro atoms. The number of allylic oxidation sites excluding steroid dienone is 3. The molecule has 0 fully saturated rings. The van der Waals surface area contributed by atoms with E-state index in [0.29, 0.717) is 5.56 Å². The molecule has 0 aliphatic carbocycles. The molecule has 2 rings (SSSR count). The summed E-state index contributed by atoms with van der Waals surface area (Å²) in [6.45, 7) is 6.04. The SMILES string of the molecule is CCCN(CCC)Cc1ccc(-c2cnc(N)c(C(=NC/C(F)=C(/F)C/C=C\CF)NN)c2)cc1. The molecule has 9 heteroatoms. The number of aromatic nitrogens is 1. The van der Waals surface area contributed by atoms with E-state index in [1.165, 1.54) is 11.6 Å². The van der Waals surface area contributed by atoms with Crippen LogP contribution in [0.2, 0.25) is 0 Å². The summed E-state index contributed by atoms with van der Waals surface area (Å²) in [5.41, 5.74) is 11.7. The molecule has 2 aromatic rings. The largest absolute Gasteiger partial charge is 0.383 e. The number of nitrogens with one attached hydrogen (secondary N) is 1. The topological polar surface area (TPSA) is 92.6 Å². The van der Waals surface area contributed by atoms with Crippen LogP contribution in [0, 0.1) is 0 Å². The Bertz CT molecular complexity index is 1010. The van der Waals surface area contributed by atoms with Crippen molar-refractivity contribution in [2.75, 3.05) is 32.0 Å². The second kappa shape index (κ2) is 15.0. The molecule has 190 valence electrons. The molecule has 0 aliphatic heterocycles. The van der Waals surface area contributed by atoms with Crippen molar-refractivity contribution >= 4 is 11.7 Å². The van der Waals surface area contributed by atoms with Crippen LogP contribution < -0.4 is 17.0 Å². The molecule has 0 unspecified atom stereocenters. The van der Waals surface area contributed by atoms with Crippen LogP contribution in [0.3, 0.4) is 0 Å². The van der Waals surface area contributed by atoms with Gasteiger partial charge in [0.25, 0.3) is 0 Å². The number of nitrogen functional groups attached to an aromatic ring is 1. The lowest BCUT2D eigenvalue weighted by molar-refractivity contribution is 0.266. The van der Waals surface area contributed by atoms with Crippen LogP contribution in [-0.2, 0) is 6.54 Å². The predicted molar refractivity (Wildman–Crippen MR) is 138 cm³/mol. The number of hydrogen-bond donors (Lipinski definition) is 3. The summed E-state index contributed by atoms with van der Waals surface area (Å²) < 4.78 is 39.9. The second-order valence-corrected chi connectivity index (χ2v) is 8.08. The average Bonchev–Trinajstić information content (AvgIpc) is 2.86. The Hall–Kier alpha value is -3.17. The fourth-order valence-corrected chi connectivity index (χ4v) is 3.59. The van der Waals surface area contributed by atoms with E-state index < -0.39 is 24.9 Å². The number of alkyl halides is 1. The molecule has 1 heterocycles. The van der Waals surface area contributed by atoms with E-state index in [1.54, 1.807) is 12.3 Å². The molecule has 0 bridgehead atoms. The second-order valence-electron chi connectivity index (χ2n) is 8.08. The van der Waals surface area contributed by atoms with Gasteiger partial charge in [0.2, 0.25) is 0 Å². The zero-order valence-electron chi connectivity index (χ0n) is 20.4. The molecule has 1 aromatic carbocycles. The molecular weight excluding hydrogens is 453 g/mol. The van der Waals surface area contributed by atoms with Crippen LogP contribution in [0.1, 0.15) is 44.2 Å². The Labute approximate surface area is 205 Å². The number of hydrogen-bond acceptors (Lipinski definition) is 5. The molecule has 0 aliphatic rings. The van der Waals surface area contributed by atoms with Crippen molar-refractivity contribution in [2.24, 2.45) is 10.8 Å². The summed E-state index contributed by atoms with van der Waals surface area (Å²) in [4.78, 5) is 10.7. The lowest BCUT2D eigenvalue weighted by atomic mass is 10.0. The van der Waals surface area contributed by atoms with E-state index >= 15 is 0 Å². The molecule has 1 aromatic heterocycles. The monoisotopic (exact) mass is 488 g/mol. The van der Waals surface area contributed by atoms with E-state index in [4.69, 9.17) is 11.6 Å². The summed E-state index contributed by atoms with van der Waals surface area (Å²) in [6, 6.07) is 9.94. The van der Waals surface area contributed by atoms with Crippen molar-refractivity contribution in [1.82, 2.24) is 15.3 Å². The number of rotatable bonds is 13. The third kappa shape index (κ3) is 8.84.